The lowest BCUT2D eigenvalue weighted by atomic mass is 9.85. The van der Waals surface area contributed by atoms with Crippen LogP contribution in [0.3, 0.4) is 0 Å². The lowest BCUT2D eigenvalue weighted by molar-refractivity contribution is 0.256. The van der Waals surface area contributed by atoms with Crippen LogP contribution in [0, 0.1) is 5.92 Å². The number of carbonyl (C=O) groups is 1. The first kappa shape index (κ1) is 21.2. The van der Waals surface area contributed by atoms with Crippen molar-refractivity contribution in [1.82, 2.24) is 5.32 Å². The molecule has 0 radical (unpaired) electrons. The van der Waals surface area contributed by atoms with Crippen LogP contribution in [0.2, 0.25) is 0 Å². The Labute approximate surface area is 174 Å². The van der Waals surface area contributed by atoms with E-state index < -0.39 is 6.03 Å². The summed E-state index contributed by atoms with van der Waals surface area (Å²) in [6.07, 6.45) is 8.05. The molecule has 2 aromatic rings. The summed E-state index contributed by atoms with van der Waals surface area (Å²) in [5.74, 6) is 1.58. The van der Waals surface area contributed by atoms with Gasteiger partial charge in [-0.05, 0) is 55.2 Å². The summed E-state index contributed by atoms with van der Waals surface area (Å²) in [5.41, 5.74) is 8.34. The minimum absolute atomic E-state index is 0.439. The lowest BCUT2D eigenvalue weighted by Gasteiger charge is -2.27. The van der Waals surface area contributed by atoms with Gasteiger partial charge in [0.2, 0.25) is 0 Å². The molecule has 2 amide bonds. The third kappa shape index (κ3) is 5.73. The smallest absolute Gasteiger partial charge is 0.323 e. The summed E-state index contributed by atoms with van der Waals surface area (Å²) >= 11 is 0. The molecule has 0 unspecified atom stereocenters. The summed E-state index contributed by atoms with van der Waals surface area (Å²) in [6.45, 7) is 2.95. The van der Waals surface area contributed by atoms with E-state index in [4.69, 9.17) is 10.5 Å². The molecule has 0 saturated heterocycles. The Bertz CT molecular complexity index is 785. The second kappa shape index (κ2) is 10.3. The maximum atomic E-state index is 12.3. The van der Waals surface area contributed by atoms with Crippen molar-refractivity contribution in [3.05, 3.63) is 54.1 Å². The molecule has 2 aromatic carbocycles. The first-order chi connectivity index (χ1) is 14.1. The highest BCUT2D eigenvalue weighted by molar-refractivity contribution is 5.99. The second-order valence-corrected chi connectivity index (χ2v) is 8.02. The molecule has 0 aliphatic heterocycles. The van der Waals surface area contributed by atoms with E-state index in [0.717, 1.165) is 28.6 Å². The van der Waals surface area contributed by atoms with E-state index in [1.165, 1.54) is 38.5 Å². The van der Waals surface area contributed by atoms with E-state index in [9.17, 15) is 4.79 Å². The molecule has 5 nitrogen and oxygen atoms in total. The number of hydrogen-bond acceptors (Lipinski definition) is 3. The number of carbonyl (C=O) groups excluding carboxylic acids is 1. The molecule has 1 fully saturated rings. The third-order valence-electron chi connectivity index (χ3n) is 5.84. The van der Waals surface area contributed by atoms with Crippen molar-refractivity contribution in [2.24, 2.45) is 11.7 Å². The average Bonchev–Trinajstić information content (AvgIpc) is 2.74. The predicted molar refractivity (Wildman–Crippen MR) is 119 cm³/mol. The summed E-state index contributed by atoms with van der Waals surface area (Å²) in [6, 6.07) is 15.2. The van der Waals surface area contributed by atoms with Crippen LogP contribution < -0.4 is 20.7 Å². The van der Waals surface area contributed by atoms with E-state index in [-0.39, 0.29) is 0 Å². The molecule has 1 saturated carbocycles. The molecule has 5 heteroatoms. The topological polar surface area (TPSA) is 67.6 Å². The van der Waals surface area contributed by atoms with Gasteiger partial charge in [-0.15, -0.1) is 0 Å². The molecule has 0 heterocycles. The molecular formula is C24H33N3O2. The van der Waals surface area contributed by atoms with Crippen LogP contribution >= 0.6 is 0 Å². The quantitative estimate of drug-likeness (QED) is 0.632. The summed E-state index contributed by atoms with van der Waals surface area (Å²) in [4.78, 5) is 13.9. The van der Waals surface area contributed by atoms with Crippen LogP contribution in [0.5, 0.6) is 5.75 Å². The molecule has 0 spiro atoms. The number of para-hydroxylation sites is 1. The second-order valence-electron chi connectivity index (χ2n) is 8.02. The number of hydrogen-bond donors (Lipinski definition) is 2. The number of anilines is 2. The van der Waals surface area contributed by atoms with Crippen molar-refractivity contribution in [2.75, 3.05) is 12.0 Å². The molecule has 0 bridgehead atoms. The zero-order chi connectivity index (χ0) is 20.6. The highest BCUT2D eigenvalue weighted by atomic mass is 16.5. The van der Waals surface area contributed by atoms with Gasteiger partial charge in [-0.2, -0.15) is 0 Å². The van der Waals surface area contributed by atoms with Crippen molar-refractivity contribution in [2.45, 2.75) is 58.0 Å². The van der Waals surface area contributed by atoms with Gasteiger partial charge in [0.25, 0.3) is 0 Å². The fourth-order valence-corrected chi connectivity index (χ4v) is 4.29. The first-order valence-electron chi connectivity index (χ1n) is 10.6. The van der Waals surface area contributed by atoms with Gasteiger partial charge in [-0.3, -0.25) is 4.90 Å². The normalized spacial score (nSPS) is 15.7. The van der Waals surface area contributed by atoms with Gasteiger partial charge in [-0.1, -0.05) is 50.3 Å². The summed E-state index contributed by atoms with van der Waals surface area (Å²) in [7, 11) is 1.62. The van der Waals surface area contributed by atoms with Crippen LogP contribution in [0.4, 0.5) is 16.2 Å². The Morgan fingerprint density at radius 2 is 1.83 bits per heavy atom. The average molecular weight is 396 g/mol. The zero-order valence-corrected chi connectivity index (χ0v) is 17.6. The number of rotatable bonds is 8. The number of nitrogens with zero attached hydrogens (tertiary/aromatic N) is 1. The zero-order valence-electron chi connectivity index (χ0n) is 17.6. The lowest BCUT2D eigenvalue weighted by Crippen LogP contribution is -2.33. The van der Waals surface area contributed by atoms with Crippen LogP contribution in [-0.2, 0) is 6.54 Å². The molecule has 1 aliphatic rings. The number of nitrogens with one attached hydrogen (secondary N) is 1. The Hall–Kier alpha value is -2.53. The number of urea groups is 1. The van der Waals surface area contributed by atoms with Gasteiger partial charge in [0.1, 0.15) is 5.75 Å². The largest absolute Gasteiger partial charge is 0.497 e. The van der Waals surface area contributed by atoms with E-state index in [2.05, 4.69) is 18.3 Å². The molecular weight excluding hydrogens is 362 g/mol. The fourth-order valence-electron chi connectivity index (χ4n) is 4.29. The highest BCUT2D eigenvalue weighted by Gasteiger charge is 2.20. The maximum Gasteiger partial charge on any atom is 0.323 e. The van der Waals surface area contributed by atoms with Crippen LogP contribution in [0.15, 0.2) is 48.5 Å². The highest BCUT2D eigenvalue weighted by Crippen LogP contribution is 2.31. The maximum absolute atomic E-state index is 12.3. The SMILES string of the molecule is COc1ccc(N(C(N)=O)c2ccccc2CN[C@@H](C)CC2CCCCC2)cc1. The molecule has 1 aliphatic carbocycles. The van der Waals surface area contributed by atoms with E-state index in [1.54, 1.807) is 12.0 Å². The Morgan fingerprint density at radius 1 is 1.14 bits per heavy atom. The Morgan fingerprint density at radius 3 is 2.48 bits per heavy atom. The van der Waals surface area contributed by atoms with E-state index in [1.807, 2.05) is 42.5 Å². The van der Waals surface area contributed by atoms with Crippen LogP contribution in [0.25, 0.3) is 0 Å². The number of benzene rings is 2. The van der Waals surface area contributed by atoms with Crippen molar-refractivity contribution >= 4 is 17.4 Å². The Kier molecular flexibility index (Phi) is 7.53. The number of ether oxygens (including phenoxy) is 1. The minimum atomic E-state index is -0.502. The first-order valence-corrected chi connectivity index (χ1v) is 10.6. The van der Waals surface area contributed by atoms with Gasteiger partial charge in [0, 0.05) is 12.6 Å². The molecule has 29 heavy (non-hydrogen) atoms. The van der Waals surface area contributed by atoms with Crippen molar-refractivity contribution in [1.29, 1.82) is 0 Å². The van der Waals surface area contributed by atoms with Gasteiger partial charge < -0.3 is 15.8 Å². The fraction of sp³-hybridized carbons (Fsp3) is 0.458. The van der Waals surface area contributed by atoms with Gasteiger partial charge in [0.05, 0.1) is 18.5 Å². The number of methoxy groups -OCH3 is 1. The number of amides is 2. The molecule has 1 atom stereocenters. The molecule has 0 aromatic heterocycles. The predicted octanol–water partition coefficient (Wildman–Crippen LogP) is 5.36. The van der Waals surface area contributed by atoms with Gasteiger partial charge >= 0.3 is 6.03 Å². The van der Waals surface area contributed by atoms with Gasteiger partial charge in [-0.25, -0.2) is 4.79 Å². The van der Waals surface area contributed by atoms with Crippen molar-refractivity contribution in [3.63, 3.8) is 0 Å². The van der Waals surface area contributed by atoms with Crippen LogP contribution in [0.1, 0.15) is 51.0 Å². The van der Waals surface area contributed by atoms with Crippen molar-refractivity contribution < 1.29 is 9.53 Å². The van der Waals surface area contributed by atoms with Crippen molar-refractivity contribution in [3.8, 4) is 5.75 Å². The van der Waals surface area contributed by atoms with E-state index >= 15 is 0 Å². The Balaban J connectivity index is 1.72. The molecule has 3 N–H and O–H groups in total. The summed E-state index contributed by atoms with van der Waals surface area (Å²) < 4.78 is 5.22. The van der Waals surface area contributed by atoms with E-state index in [0.29, 0.717) is 12.6 Å². The number of primary amides is 1. The number of nitrogens with two attached hydrogens (primary N) is 1. The monoisotopic (exact) mass is 395 g/mol. The molecule has 156 valence electrons. The third-order valence-corrected chi connectivity index (χ3v) is 5.84. The standard InChI is InChI=1S/C24H33N3O2/c1-18(16-19-8-4-3-5-9-19)26-17-20-10-6-7-11-23(20)27(24(25)28)21-12-14-22(29-2)15-13-21/h6-7,10-15,18-19,26H,3-5,8-9,16-17H2,1-2H3,(H2,25,28)/t18-/m0/s1. The summed E-state index contributed by atoms with van der Waals surface area (Å²) in [5, 5.41) is 3.65. The van der Waals surface area contributed by atoms with Crippen LogP contribution in [-0.4, -0.2) is 19.2 Å². The molecule has 3 rings (SSSR count). The minimum Gasteiger partial charge on any atom is -0.497 e. The van der Waals surface area contributed by atoms with Gasteiger partial charge in [0.15, 0.2) is 0 Å².